The zero-order valence-electron chi connectivity index (χ0n) is 14.1. The third-order valence-electron chi connectivity index (χ3n) is 3.40. The van der Waals surface area contributed by atoms with Gasteiger partial charge in [-0.25, -0.2) is 15.0 Å². The van der Waals surface area contributed by atoms with E-state index in [0.717, 1.165) is 5.69 Å². The normalized spacial score (nSPS) is 10.3. The monoisotopic (exact) mass is 369 g/mol. The molecular formula is C17H16ClN7O. The number of aromatic nitrogens is 4. The number of amides is 1. The lowest BCUT2D eigenvalue weighted by atomic mass is 10.2. The van der Waals surface area contributed by atoms with Crippen LogP contribution in [0.5, 0.6) is 0 Å². The van der Waals surface area contributed by atoms with Gasteiger partial charge < -0.3 is 16.0 Å². The van der Waals surface area contributed by atoms with Crippen LogP contribution in [0.15, 0.2) is 42.9 Å². The molecular weight excluding hydrogens is 354 g/mol. The minimum Gasteiger partial charge on any atom is -0.373 e. The molecule has 0 saturated carbocycles. The van der Waals surface area contributed by atoms with Crippen LogP contribution in [0.25, 0.3) is 0 Å². The van der Waals surface area contributed by atoms with Crippen molar-refractivity contribution in [1.82, 2.24) is 19.9 Å². The van der Waals surface area contributed by atoms with E-state index < -0.39 is 0 Å². The number of rotatable bonds is 5. The average molecular weight is 370 g/mol. The smallest absolute Gasteiger partial charge is 0.258 e. The number of nitrogens with zero attached hydrogens (tertiary/aromatic N) is 4. The number of benzene rings is 1. The maximum absolute atomic E-state index is 12.5. The molecule has 0 spiro atoms. The Morgan fingerprint density at radius 2 is 1.96 bits per heavy atom. The molecule has 0 bridgehead atoms. The molecule has 26 heavy (non-hydrogen) atoms. The quantitative estimate of drug-likeness (QED) is 0.633. The summed E-state index contributed by atoms with van der Waals surface area (Å²) in [5.41, 5.74) is 1.74. The summed E-state index contributed by atoms with van der Waals surface area (Å²) in [5.74, 6) is 1.12. The van der Waals surface area contributed by atoms with Crippen molar-refractivity contribution in [2.45, 2.75) is 6.92 Å². The summed E-state index contributed by atoms with van der Waals surface area (Å²) in [6.07, 6.45) is 2.89. The third-order valence-corrected chi connectivity index (χ3v) is 3.73. The average Bonchev–Trinajstić information content (AvgIpc) is 2.63. The molecule has 0 aliphatic heterocycles. The molecule has 0 fully saturated rings. The summed E-state index contributed by atoms with van der Waals surface area (Å²) in [4.78, 5) is 28.9. The van der Waals surface area contributed by atoms with Crippen LogP contribution < -0.4 is 16.0 Å². The van der Waals surface area contributed by atoms with Gasteiger partial charge in [0, 0.05) is 30.7 Å². The Bertz CT molecular complexity index is 934. The van der Waals surface area contributed by atoms with Crippen LogP contribution in [0.3, 0.4) is 0 Å². The molecule has 0 radical (unpaired) electrons. The minimum atomic E-state index is -0.376. The first-order chi connectivity index (χ1) is 12.5. The molecule has 2 heterocycles. The SMILES string of the molecule is CNc1cc(C)nc(Nc2ccc(Cl)c(C(=O)Nc3ccncn3)c2)n1. The number of carbonyl (C=O) groups is 1. The van der Waals surface area contributed by atoms with Crippen molar-refractivity contribution in [3.05, 3.63) is 59.1 Å². The number of hydrogen-bond donors (Lipinski definition) is 3. The zero-order valence-corrected chi connectivity index (χ0v) is 14.9. The molecule has 9 heteroatoms. The Morgan fingerprint density at radius 1 is 1.12 bits per heavy atom. The van der Waals surface area contributed by atoms with Gasteiger partial charge >= 0.3 is 0 Å². The largest absolute Gasteiger partial charge is 0.373 e. The summed E-state index contributed by atoms with van der Waals surface area (Å²) in [6.45, 7) is 1.87. The molecule has 3 N–H and O–H groups in total. The highest BCUT2D eigenvalue weighted by molar-refractivity contribution is 6.34. The van der Waals surface area contributed by atoms with Crippen molar-refractivity contribution in [3.63, 3.8) is 0 Å². The molecule has 0 aliphatic rings. The molecule has 0 saturated heterocycles. The van der Waals surface area contributed by atoms with E-state index in [-0.39, 0.29) is 5.91 Å². The van der Waals surface area contributed by atoms with Crippen LogP contribution in [0, 0.1) is 6.92 Å². The zero-order chi connectivity index (χ0) is 18.5. The van der Waals surface area contributed by atoms with E-state index in [9.17, 15) is 4.79 Å². The van der Waals surface area contributed by atoms with Gasteiger partial charge in [0.05, 0.1) is 10.6 Å². The Hall–Kier alpha value is -3.26. The van der Waals surface area contributed by atoms with Crippen molar-refractivity contribution in [2.75, 3.05) is 23.0 Å². The first kappa shape index (κ1) is 17.6. The van der Waals surface area contributed by atoms with Crippen molar-refractivity contribution in [3.8, 4) is 0 Å². The number of carbonyl (C=O) groups excluding carboxylic acids is 1. The summed E-state index contributed by atoms with van der Waals surface area (Å²) in [6, 6.07) is 8.42. The standard InChI is InChI=1S/C17H16ClN7O/c1-10-7-15(19-2)25-17(22-10)23-11-3-4-13(18)12(8-11)16(26)24-14-5-6-20-9-21-14/h3-9H,1-2H3,(H2,19,22,23,25)(H,20,21,24,26). The highest BCUT2D eigenvalue weighted by Crippen LogP contribution is 2.23. The Kier molecular flexibility index (Phi) is 5.23. The lowest BCUT2D eigenvalue weighted by Crippen LogP contribution is -2.14. The molecule has 1 amide bonds. The Morgan fingerprint density at radius 3 is 2.69 bits per heavy atom. The molecule has 8 nitrogen and oxygen atoms in total. The minimum absolute atomic E-state index is 0.303. The number of halogens is 1. The second-order valence-corrected chi connectivity index (χ2v) is 5.74. The molecule has 0 atom stereocenters. The van der Waals surface area contributed by atoms with E-state index in [2.05, 4.69) is 35.9 Å². The molecule has 0 aliphatic carbocycles. The maximum Gasteiger partial charge on any atom is 0.258 e. The van der Waals surface area contributed by atoms with Gasteiger partial charge in [0.15, 0.2) is 0 Å². The van der Waals surface area contributed by atoms with E-state index in [4.69, 9.17) is 11.6 Å². The summed E-state index contributed by atoms with van der Waals surface area (Å²) in [5, 5.41) is 9.05. The highest BCUT2D eigenvalue weighted by Gasteiger charge is 2.13. The van der Waals surface area contributed by atoms with Crippen LogP contribution in [-0.2, 0) is 0 Å². The molecule has 1 aromatic carbocycles. The van der Waals surface area contributed by atoms with Crippen LogP contribution in [0.2, 0.25) is 5.02 Å². The van der Waals surface area contributed by atoms with Gasteiger partial charge in [-0.05, 0) is 31.2 Å². The summed E-state index contributed by atoms with van der Waals surface area (Å²) in [7, 11) is 1.78. The first-order valence-electron chi connectivity index (χ1n) is 7.72. The van der Waals surface area contributed by atoms with Gasteiger partial charge in [-0.3, -0.25) is 4.79 Å². The van der Waals surface area contributed by atoms with E-state index in [1.165, 1.54) is 12.5 Å². The highest BCUT2D eigenvalue weighted by atomic mass is 35.5. The molecule has 2 aromatic heterocycles. The van der Waals surface area contributed by atoms with Crippen LogP contribution in [-0.4, -0.2) is 32.9 Å². The predicted molar refractivity (Wildman–Crippen MR) is 101 cm³/mol. The fraction of sp³-hybridized carbons (Fsp3) is 0.118. The first-order valence-corrected chi connectivity index (χ1v) is 8.10. The number of hydrogen-bond acceptors (Lipinski definition) is 7. The van der Waals surface area contributed by atoms with Crippen molar-refractivity contribution < 1.29 is 4.79 Å². The fourth-order valence-electron chi connectivity index (χ4n) is 2.21. The topological polar surface area (TPSA) is 105 Å². The Labute approximate surface area is 155 Å². The van der Waals surface area contributed by atoms with Gasteiger partial charge in [-0.1, -0.05) is 11.6 Å². The molecule has 132 valence electrons. The second-order valence-electron chi connectivity index (χ2n) is 5.34. The fourth-order valence-corrected chi connectivity index (χ4v) is 2.41. The van der Waals surface area contributed by atoms with Crippen molar-refractivity contribution in [1.29, 1.82) is 0 Å². The molecule has 3 aromatic rings. The van der Waals surface area contributed by atoms with Crippen LogP contribution in [0.4, 0.5) is 23.3 Å². The van der Waals surface area contributed by atoms with Crippen molar-refractivity contribution >= 4 is 40.8 Å². The Balaban J connectivity index is 1.83. The third kappa shape index (κ3) is 4.22. The maximum atomic E-state index is 12.5. The van der Waals surface area contributed by atoms with E-state index in [0.29, 0.717) is 33.9 Å². The van der Waals surface area contributed by atoms with Gasteiger partial charge in [-0.2, -0.15) is 4.98 Å². The summed E-state index contributed by atoms with van der Waals surface area (Å²) >= 11 is 6.17. The second kappa shape index (κ2) is 7.75. The van der Waals surface area contributed by atoms with Gasteiger partial charge in [-0.15, -0.1) is 0 Å². The number of aryl methyl sites for hydroxylation is 1. The summed E-state index contributed by atoms with van der Waals surface area (Å²) < 4.78 is 0. The van der Waals surface area contributed by atoms with Crippen molar-refractivity contribution in [2.24, 2.45) is 0 Å². The molecule has 0 unspecified atom stereocenters. The van der Waals surface area contributed by atoms with Gasteiger partial charge in [0.2, 0.25) is 5.95 Å². The number of nitrogens with one attached hydrogen (secondary N) is 3. The van der Waals surface area contributed by atoms with Crippen LogP contribution >= 0.6 is 11.6 Å². The molecule has 3 rings (SSSR count). The van der Waals surface area contributed by atoms with Crippen LogP contribution in [0.1, 0.15) is 16.1 Å². The lowest BCUT2D eigenvalue weighted by molar-refractivity contribution is 0.102. The van der Waals surface area contributed by atoms with E-state index in [1.54, 1.807) is 31.3 Å². The van der Waals surface area contributed by atoms with Gasteiger partial charge in [0.25, 0.3) is 5.91 Å². The lowest BCUT2D eigenvalue weighted by Gasteiger charge is -2.11. The predicted octanol–water partition coefficient (Wildman–Crippen LogP) is 3.27. The van der Waals surface area contributed by atoms with E-state index in [1.807, 2.05) is 13.0 Å². The number of anilines is 4. The van der Waals surface area contributed by atoms with E-state index >= 15 is 0 Å². The van der Waals surface area contributed by atoms with Gasteiger partial charge in [0.1, 0.15) is 18.0 Å².